The van der Waals surface area contributed by atoms with Crippen LogP contribution in [0.25, 0.3) is 0 Å². The molecule has 1 aromatic carbocycles. The van der Waals surface area contributed by atoms with E-state index in [-0.39, 0.29) is 5.56 Å². The molecule has 29 heavy (non-hydrogen) atoms. The second kappa shape index (κ2) is 13.4. The maximum absolute atomic E-state index is 11.7. The Morgan fingerprint density at radius 2 is 2.00 bits per heavy atom. The number of ether oxygens (including phenoxy) is 2. The van der Waals surface area contributed by atoms with Crippen molar-refractivity contribution in [3.63, 3.8) is 0 Å². The number of anilines is 1. The maximum Gasteiger partial charge on any atom is 0.250 e. The number of benzene rings is 1. The number of aryl methyl sites for hydroxylation is 1. The van der Waals surface area contributed by atoms with Gasteiger partial charge in [0.15, 0.2) is 5.96 Å². The topological polar surface area (TPSA) is 76.9 Å². The van der Waals surface area contributed by atoms with Crippen LogP contribution in [-0.2, 0) is 11.3 Å². The number of hydrogen-bond acceptors (Lipinski definition) is 4. The molecule has 2 N–H and O–H groups in total. The lowest BCUT2D eigenvalue weighted by atomic mass is 10.3. The Bertz CT molecular complexity index is 804. The third-order valence-electron chi connectivity index (χ3n) is 4.18. The molecular formula is C22H32N4O3. The Labute approximate surface area is 172 Å². The normalized spacial score (nSPS) is 11.3. The van der Waals surface area contributed by atoms with Gasteiger partial charge in [-0.1, -0.05) is 12.1 Å². The predicted molar refractivity (Wildman–Crippen MR) is 118 cm³/mol. The summed E-state index contributed by atoms with van der Waals surface area (Å²) in [5.41, 5.74) is 0.958. The first-order valence-electron chi connectivity index (χ1n) is 10.2. The first-order chi connectivity index (χ1) is 14.2. The van der Waals surface area contributed by atoms with E-state index in [0.717, 1.165) is 43.2 Å². The Morgan fingerprint density at radius 1 is 1.10 bits per heavy atom. The van der Waals surface area contributed by atoms with Crippen LogP contribution in [0.3, 0.4) is 0 Å². The number of hydrogen-bond donors (Lipinski definition) is 2. The first-order valence-corrected chi connectivity index (χ1v) is 10.2. The fraction of sp³-hybridized carbons (Fsp3) is 0.455. The highest BCUT2D eigenvalue weighted by Gasteiger charge is 2.02. The van der Waals surface area contributed by atoms with Crippen molar-refractivity contribution in [2.24, 2.45) is 4.99 Å². The summed E-state index contributed by atoms with van der Waals surface area (Å²) in [7, 11) is 1.69. The van der Waals surface area contributed by atoms with Crippen LogP contribution in [0.4, 0.5) is 5.69 Å². The first kappa shape index (κ1) is 22.5. The highest BCUT2D eigenvalue weighted by atomic mass is 16.5. The average molecular weight is 401 g/mol. The van der Waals surface area contributed by atoms with Gasteiger partial charge in [0.2, 0.25) is 5.56 Å². The van der Waals surface area contributed by atoms with Gasteiger partial charge >= 0.3 is 0 Å². The van der Waals surface area contributed by atoms with Crippen molar-refractivity contribution in [2.75, 3.05) is 38.7 Å². The van der Waals surface area contributed by atoms with E-state index in [0.29, 0.717) is 26.3 Å². The van der Waals surface area contributed by atoms with Crippen LogP contribution in [-0.4, -0.2) is 43.9 Å². The molecule has 1 heterocycles. The van der Waals surface area contributed by atoms with Crippen LogP contribution in [0, 0.1) is 0 Å². The van der Waals surface area contributed by atoms with Crippen LogP contribution in [0.5, 0.6) is 5.75 Å². The van der Waals surface area contributed by atoms with Gasteiger partial charge in [-0.05, 0) is 38.0 Å². The highest BCUT2D eigenvalue weighted by Crippen LogP contribution is 2.17. The average Bonchev–Trinajstić information content (AvgIpc) is 2.73. The summed E-state index contributed by atoms with van der Waals surface area (Å²) in [5.74, 6) is 1.55. The van der Waals surface area contributed by atoms with Crippen molar-refractivity contribution < 1.29 is 9.47 Å². The smallest absolute Gasteiger partial charge is 0.250 e. The van der Waals surface area contributed by atoms with Gasteiger partial charge in [0.25, 0.3) is 0 Å². The molecule has 0 radical (unpaired) electrons. The van der Waals surface area contributed by atoms with Crippen molar-refractivity contribution in [3.8, 4) is 5.75 Å². The largest absolute Gasteiger partial charge is 0.493 e. The van der Waals surface area contributed by atoms with Crippen molar-refractivity contribution >= 4 is 11.6 Å². The summed E-state index contributed by atoms with van der Waals surface area (Å²) in [6.07, 6.45) is 4.48. The molecule has 1 aromatic heterocycles. The Morgan fingerprint density at radius 3 is 2.79 bits per heavy atom. The molecule has 0 aliphatic carbocycles. The van der Waals surface area contributed by atoms with Gasteiger partial charge in [0.05, 0.1) is 6.61 Å². The lowest BCUT2D eigenvalue weighted by Crippen LogP contribution is -2.30. The summed E-state index contributed by atoms with van der Waals surface area (Å²) >= 11 is 0. The number of rotatable bonds is 12. The predicted octanol–water partition coefficient (Wildman–Crippen LogP) is 3.12. The molecule has 0 unspecified atom stereocenters. The van der Waals surface area contributed by atoms with E-state index in [4.69, 9.17) is 9.47 Å². The molecule has 0 amide bonds. The standard InChI is InChI=1S/C22H32N4O3/c1-3-23-22(24-13-5-7-15-26-14-6-4-12-21(26)27)25-19-10-8-11-20(18-19)29-17-9-16-28-2/h4,6,8,10-12,14,18H,3,5,7,9,13,15-17H2,1-2H3,(H2,23,24,25). The van der Waals surface area contributed by atoms with Gasteiger partial charge < -0.3 is 24.7 Å². The molecule has 0 fully saturated rings. The van der Waals surface area contributed by atoms with Gasteiger partial charge in [-0.2, -0.15) is 0 Å². The molecule has 0 saturated heterocycles. The quantitative estimate of drug-likeness (QED) is 0.325. The summed E-state index contributed by atoms with van der Waals surface area (Å²) in [5, 5.41) is 6.57. The van der Waals surface area contributed by atoms with E-state index in [1.165, 1.54) is 0 Å². The van der Waals surface area contributed by atoms with E-state index in [2.05, 4.69) is 15.6 Å². The van der Waals surface area contributed by atoms with Crippen LogP contribution >= 0.6 is 0 Å². The van der Waals surface area contributed by atoms with Crippen molar-refractivity contribution in [3.05, 3.63) is 59.0 Å². The number of pyridine rings is 1. The number of nitrogens with zero attached hydrogens (tertiary/aromatic N) is 2. The monoisotopic (exact) mass is 400 g/mol. The molecule has 7 nitrogen and oxygen atoms in total. The molecule has 0 aliphatic heterocycles. The summed E-state index contributed by atoms with van der Waals surface area (Å²) in [4.78, 5) is 16.3. The fourth-order valence-electron chi connectivity index (χ4n) is 2.73. The van der Waals surface area contributed by atoms with E-state index in [1.807, 2.05) is 43.5 Å². The minimum atomic E-state index is 0.0373. The second-order valence-corrected chi connectivity index (χ2v) is 6.55. The van der Waals surface area contributed by atoms with Crippen molar-refractivity contribution in [1.29, 1.82) is 0 Å². The molecular weight excluding hydrogens is 368 g/mol. The number of aliphatic imine (C=N–C) groups is 1. The van der Waals surface area contributed by atoms with E-state index in [1.54, 1.807) is 23.8 Å². The van der Waals surface area contributed by atoms with Crippen molar-refractivity contribution in [2.45, 2.75) is 32.7 Å². The number of aromatic nitrogens is 1. The lowest BCUT2D eigenvalue weighted by Gasteiger charge is -2.13. The number of unbranched alkanes of at least 4 members (excludes halogenated alkanes) is 1. The summed E-state index contributed by atoms with van der Waals surface area (Å²) in [6, 6.07) is 13.1. The van der Waals surface area contributed by atoms with Crippen molar-refractivity contribution in [1.82, 2.24) is 9.88 Å². The molecule has 2 rings (SSSR count). The molecule has 158 valence electrons. The minimum absolute atomic E-state index is 0.0373. The minimum Gasteiger partial charge on any atom is -0.493 e. The summed E-state index contributed by atoms with van der Waals surface area (Å²) < 4.78 is 12.5. The number of guanidine groups is 1. The zero-order chi connectivity index (χ0) is 20.7. The van der Waals surface area contributed by atoms with Crippen LogP contribution in [0.1, 0.15) is 26.2 Å². The zero-order valence-electron chi connectivity index (χ0n) is 17.4. The van der Waals surface area contributed by atoms with Crippen LogP contribution < -0.4 is 20.9 Å². The van der Waals surface area contributed by atoms with E-state index >= 15 is 0 Å². The Hall–Kier alpha value is -2.80. The number of methoxy groups -OCH3 is 1. The molecule has 0 saturated carbocycles. The SMILES string of the molecule is CCNC(=NCCCCn1ccccc1=O)Nc1cccc(OCCCOC)c1. The molecule has 0 atom stereocenters. The van der Waals surface area contributed by atoms with Gasteiger partial charge in [-0.25, -0.2) is 0 Å². The van der Waals surface area contributed by atoms with E-state index in [9.17, 15) is 4.79 Å². The third kappa shape index (κ3) is 8.83. The van der Waals surface area contributed by atoms with Gasteiger partial charge in [0, 0.05) is 63.8 Å². The van der Waals surface area contributed by atoms with Crippen LogP contribution in [0.2, 0.25) is 0 Å². The molecule has 0 bridgehead atoms. The lowest BCUT2D eigenvalue weighted by molar-refractivity contribution is 0.172. The fourth-order valence-corrected chi connectivity index (χ4v) is 2.73. The Kier molecular flexibility index (Phi) is 10.4. The molecule has 0 aliphatic rings. The number of nitrogens with one attached hydrogen (secondary N) is 2. The Balaban J connectivity index is 1.82. The molecule has 7 heteroatoms. The highest BCUT2D eigenvalue weighted by molar-refractivity contribution is 5.93. The molecule has 0 spiro atoms. The van der Waals surface area contributed by atoms with Gasteiger partial charge in [0.1, 0.15) is 5.75 Å². The van der Waals surface area contributed by atoms with Gasteiger partial charge in [-0.3, -0.25) is 9.79 Å². The zero-order valence-corrected chi connectivity index (χ0v) is 17.4. The summed E-state index contributed by atoms with van der Waals surface area (Å²) in [6.45, 7) is 5.52. The van der Waals surface area contributed by atoms with Gasteiger partial charge in [-0.15, -0.1) is 0 Å². The van der Waals surface area contributed by atoms with E-state index < -0.39 is 0 Å². The van der Waals surface area contributed by atoms with Crippen LogP contribution in [0.15, 0.2) is 58.4 Å². The third-order valence-corrected chi connectivity index (χ3v) is 4.18. The second-order valence-electron chi connectivity index (χ2n) is 6.55. The molecule has 2 aromatic rings. The maximum atomic E-state index is 11.7.